The molecule has 2 atom stereocenters. The van der Waals surface area contributed by atoms with Crippen molar-refractivity contribution in [2.75, 3.05) is 13.7 Å². The quantitative estimate of drug-likeness (QED) is 0.362. The van der Waals surface area contributed by atoms with Crippen molar-refractivity contribution >= 4 is 12.1 Å². The highest BCUT2D eigenvalue weighted by Crippen LogP contribution is 2.44. The van der Waals surface area contributed by atoms with Gasteiger partial charge in [0.15, 0.2) is 0 Å². The van der Waals surface area contributed by atoms with E-state index in [4.69, 9.17) is 10.3 Å². The van der Waals surface area contributed by atoms with Crippen molar-refractivity contribution in [1.29, 1.82) is 0 Å². The van der Waals surface area contributed by atoms with Crippen molar-refractivity contribution in [1.82, 2.24) is 4.90 Å². The summed E-state index contributed by atoms with van der Waals surface area (Å²) in [5.41, 5.74) is 6.58. The van der Waals surface area contributed by atoms with Gasteiger partial charge in [0.25, 0.3) is 0 Å². The fourth-order valence-electron chi connectivity index (χ4n) is 2.84. The van der Waals surface area contributed by atoms with Crippen LogP contribution in [0.4, 0.5) is 4.79 Å². The Balaban J connectivity index is 3.31. The summed E-state index contributed by atoms with van der Waals surface area (Å²) in [7, 11) is 1.25. The smallest absolute Gasteiger partial charge is 0.408 e. The fraction of sp³-hybridized carbons (Fsp3) is 0.833. The average molecular weight is 284 g/mol. The van der Waals surface area contributed by atoms with E-state index < -0.39 is 29.1 Å². The Morgan fingerprint density at radius 3 is 2.50 bits per heavy atom. The maximum atomic E-state index is 12.3. The number of nitrogens with zero attached hydrogens (tertiary/aromatic N) is 4. The van der Waals surface area contributed by atoms with Crippen molar-refractivity contribution in [2.24, 2.45) is 10.5 Å². The third-order valence-electron chi connectivity index (χ3n) is 3.90. The normalized spacial score (nSPS) is 26.6. The lowest BCUT2D eigenvalue weighted by molar-refractivity contribution is -0.166. The Morgan fingerprint density at radius 2 is 2.10 bits per heavy atom. The minimum absolute atomic E-state index is 0.00817. The van der Waals surface area contributed by atoms with Crippen LogP contribution in [0.3, 0.4) is 0 Å². The second kappa shape index (κ2) is 5.58. The molecule has 8 nitrogen and oxygen atoms in total. The number of azide groups is 1. The van der Waals surface area contributed by atoms with Crippen molar-refractivity contribution in [3.8, 4) is 0 Å². The molecule has 0 aromatic carbocycles. The Labute approximate surface area is 117 Å². The maximum absolute atomic E-state index is 12.3. The van der Waals surface area contributed by atoms with Gasteiger partial charge in [-0.15, -0.1) is 0 Å². The number of carboxylic acid groups (broad SMARTS) is 1. The van der Waals surface area contributed by atoms with Gasteiger partial charge >= 0.3 is 12.1 Å². The van der Waals surface area contributed by atoms with Crippen molar-refractivity contribution in [2.45, 2.75) is 45.2 Å². The largest absolute Gasteiger partial charge is 0.467 e. The van der Waals surface area contributed by atoms with Crippen molar-refractivity contribution in [3.63, 3.8) is 0 Å². The molecule has 1 amide bonds. The van der Waals surface area contributed by atoms with Gasteiger partial charge in [-0.1, -0.05) is 25.9 Å². The molecular formula is C12H20N4O4. The summed E-state index contributed by atoms with van der Waals surface area (Å²) >= 11 is 0. The summed E-state index contributed by atoms with van der Waals surface area (Å²) in [6, 6.07) is -0.462. The molecule has 0 radical (unpaired) electrons. The summed E-state index contributed by atoms with van der Waals surface area (Å²) in [6.45, 7) is 5.39. The number of esters is 1. The van der Waals surface area contributed by atoms with Gasteiger partial charge in [0.05, 0.1) is 13.2 Å². The number of carbonyl (C=O) groups excluding carboxylic acids is 1. The lowest BCUT2D eigenvalue weighted by atomic mass is 9.67. The van der Waals surface area contributed by atoms with Crippen LogP contribution in [-0.4, -0.2) is 47.3 Å². The molecule has 1 aliphatic rings. The van der Waals surface area contributed by atoms with Gasteiger partial charge in [0.1, 0.15) is 5.54 Å². The zero-order valence-electron chi connectivity index (χ0n) is 12.2. The molecule has 0 aromatic heterocycles. The van der Waals surface area contributed by atoms with Crippen LogP contribution in [0.2, 0.25) is 0 Å². The van der Waals surface area contributed by atoms with Gasteiger partial charge in [-0.2, -0.15) is 0 Å². The standard InChI is InChI=1S/C12H20N4O4/c1-11(2,3)12(9(17)20-4)6-5-8(14-15-13)7-16(12)10(18)19/h8H,5-7H2,1-4H3,(H,18,19). The van der Waals surface area contributed by atoms with E-state index in [9.17, 15) is 14.7 Å². The number of hydrogen-bond acceptors (Lipinski definition) is 4. The molecule has 1 fully saturated rings. The molecule has 2 unspecified atom stereocenters. The molecule has 0 saturated carbocycles. The number of hydrogen-bond donors (Lipinski definition) is 1. The van der Waals surface area contributed by atoms with Crippen molar-refractivity contribution < 1.29 is 19.4 Å². The van der Waals surface area contributed by atoms with Crippen LogP contribution in [0.5, 0.6) is 0 Å². The number of ether oxygens (including phenoxy) is 1. The minimum Gasteiger partial charge on any atom is -0.467 e. The van der Waals surface area contributed by atoms with E-state index in [-0.39, 0.29) is 13.0 Å². The van der Waals surface area contributed by atoms with Gasteiger partial charge < -0.3 is 9.84 Å². The summed E-state index contributed by atoms with van der Waals surface area (Å²) in [6.07, 6.45) is -0.512. The van der Waals surface area contributed by atoms with Gasteiger partial charge in [0.2, 0.25) is 0 Å². The number of likely N-dealkylation sites (tertiary alicyclic amines) is 1. The predicted octanol–water partition coefficient (Wildman–Crippen LogP) is 2.40. The zero-order chi connectivity index (χ0) is 15.6. The molecule has 0 spiro atoms. The first kappa shape index (κ1) is 16.1. The van der Waals surface area contributed by atoms with E-state index in [1.807, 2.05) is 0 Å². The number of carbonyl (C=O) groups is 2. The minimum atomic E-state index is -1.27. The SMILES string of the molecule is COC(=O)C1(C(C)(C)C)CCC(N=[N+]=[N-])CN1C(=O)O. The highest BCUT2D eigenvalue weighted by molar-refractivity contribution is 5.86. The monoisotopic (exact) mass is 284 g/mol. The Hall–Kier alpha value is -1.95. The van der Waals surface area contributed by atoms with Crippen molar-refractivity contribution in [3.05, 3.63) is 10.4 Å². The molecule has 0 aromatic rings. The highest BCUT2D eigenvalue weighted by atomic mass is 16.5. The second-order valence-corrected chi connectivity index (χ2v) is 5.89. The number of amides is 1. The number of piperidine rings is 1. The Kier molecular flexibility index (Phi) is 4.50. The van der Waals surface area contributed by atoms with Gasteiger partial charge in [-0.05, 0) is 23.8 Å². The van der Waals surface area contributed by atoms with Crippen LogP contribution < -0.4 is 0 Å². The molecule has 1 N–H and O–H groups in total. The Morgan fingerprint density at radius 1 is 1.50 bits per heavy atom. The lowest BCUT2D eigenvalue weighted by Crippen LogP contribution is -2.67. The van der Waals surface area contributed by atoms with E-state index >= 15 is 0 Å². The summed E-state index contributed by atoms with van der Waals surface area (Å²) in [5, 5.41) is 13.0. The average Bonchev–Trinajstić information content (AvgIpc) is 2.36. The highest BCUT2D eigenvalue weighted by Gasteiger charge is 2.58. The molecular weight excluding hydrogens is 264 g/mol. The maximum Gasteiger partial charge on any atom is 0.408 e. The van der Waals surface area contributed by atoms with E-state index in [0.29, 0.717) is 6.42 Å². The van der Waals surface area contributed by atoms with Gasteiger partial charge in [-0.3, -0.25) is 4.90 Å². The van der Waals surface area contributed by atoms with Gasteiger partial charge in [-0.25, -0.2) is 9.59 Å². The van der Waals surface area contributed by atoms with E-state index in [2.05, 4.69) is 10.0 Å². The second-order valence-electron chi connectivity index (χ2n) is 5.89. The molecule has 1 heterocycles. The zero-order valence-corrected chi connectivity index (χ0v) is 12.2. The molecule has 0 aliphatic carbocycles. The van der Waals surface area contributed by atoms with E-state index in [1.54, 1.807) is 20.8 Å². The van der Waals surface area contributed by atoms with Gasteiger partial charge in [0, 0.05) is 11.5 Å². The van der Waals surface area contributed by atoms with Crippen LogP contribution in [0, 0.1) is 5.41 Å². The number of rotatable bonds is 2. The predicted molar refractivity (Wildman–Crippen MR) is 71.1 cm³/mol. The first-order valence-corrected chi connectivity index (χ1v) is 6.34. The molecule has 8 heteroatoms. The molecule has 1 rings (SSSR count). The summed E-state index contributed by atoms with van der Waals surface area (Å²) in [5.74, 6) is -0.577. The topological polar surface area (TPSA) is 116 Å². The fourth-order valence-corrected chi connectivity index (χ4v) is 2.84. The van der Waals surface area contributed by atoms with Crippen LogP contribution in [0.1, 0.15) is 33.6 Å². The molecule has 20 heavy (non-hydrogen) atoms. The van der Waals surface area contributed by atoms with Crippen LogP contribution in [0.15, 0.2) is 5.11 Å². The molecule has 1 aliphatic heterocycles. The van der Waals surface area contributed by atoms with E-state index in [0.717, 1.165) is 4.90 Å². The van der Waals surface area contributed by atoms with E-state index in [1.165, 1.54) is 7.11 Å². The third-order valence-corrected chi connectivity index (χ3v) is 3.90. The molecule has 112 valence electrons. The van der Waals surface area contributed by atoms with Crippen LogP contribution >= 0.6 is 0 Å². The summed E-state index contributed by atoms with van der Waals surface area (Å²) in [4.78, 5) is 27.6. The summed E-state index contributed by atoms with van der Waals surface area (Å²) < 4.78 is 4.85. The number of methoxy groups -OCH3 is 1. The third kappa shape index (κ3) is 2.51. The Bertz CT molecular complexity index is 453. The van der Waals surface area contributed by atoms with Crippen LogP contribution in [0.25, 0.3) is 10.4 Å². The molecule has 1 saturated heterocycles. The van der Waals surface area contributed by atoms with Crippen LogP contribution in [-0.2, 0) is 9.53 Å². The lowest BCUT2D eigenvalue weighted by Gasteiger charge is -2.52. The molecule has 0 bridgehead atoms. The first-order valence-electron chi connectivity index (χ1n) is 6.34. The first-order chi connectivity index (χ1) is 9.20.